The number of hydrogen-bond acceptors (Lipinski definition) is 3. The molecule has 2 aliphatic heterocycles. The van der Waals surface area contributed by atoms with Crippen molar-refractivity contribution < 1.29 is 11.0 Å². The summed E-state index contributed by atoms with van der Waals surface area (Å²) in [5.74, 6) is 0. The van der Waals surface area contributed by atoms with Crippen molar-refractivity contribution in [1.29, 1.82) is 5.26 Å². The molecule has 7 heteroatoms. The molecule has 0 atom stereocenters. The molecule has 0 spiro atoms. The van der Waals surface area contributed by atoms with Crippen LogP contribution in [0.4, 0.5) is 34.1 Å². The van der Waals surface area contributed by atoms with Gasteiger partial charge in [0.2, 0.25) is 0 Å². The van der Waals surface area contributed by atoms with Gasteiger partial charge in [0.25, 0.3) is 6.71 Å². The summed E-state index contributed by atoms with van der Waals surface area (Å²) in [4.78, 5) is 4.78. The summed E-state index contributed by atoms with van der Waals surface area (Å²) in [6, 6.07) is 90.1. The Kier molecular flexibility index (Phi) is 12.2. The fraction of sp³-hybridized carbons (Fsp3) is 0.124. The number of nitriles is 1. The number of aromatic nitrogens is 3. The molecule has 0 saturated carbocycles. The maximum absolute atomic E-state index is 11.5. The van der Waals surface area contributed by atoms with Gasteiger partial charge in [-0.05, 0) is 204 Å². The molecular formula is C97H77BN6. The summed E-state index contributed by atoms with van der Waals surface area (Å²) >= 11 is 0. The van der Waals surface area contributed by atoms with Gasteiger partial charge in [-0.2, -0.15) is 5.26 Å². The SMILES string of the molecule is [2H]c1c([2H])c([2H])c2c(c1[2H])c1c([2H])c([2H])c([2H])c([2H])c1n2-c1ccc2c(c1)N(c1cc(-c3ccccc3)cc(-c3ccccc3)c1)c1cc(-c3cccc(C(C)(C)C)c3)cc3c1B2c1ccc(-n2c4ccc(C(C)(C)C)cc4c4cc(C(C)(C)C)ccc42)cc1N3c1ccc(C#N)c(-n2c3ccccc3c3ccccc32)c1. The zero-order valence-electron chi connectivity index (χ0n) is 67.5. The zero-order chi connectivity index (χ0) is 77.6. The predicted molar refractivity (Wildman–Crippen MR) is 441 cm³/mol. The highest BCUT2D eigenvalue weighted by atomic mass is 15.2. The van der Waals surface area contributed by atoms with Crippen LogP contribution in [0.5, 0.6) is 0 Å². The predicted octanol–water partition coefficient (Wildman–Crippen LogP) is 23.8. The van der Waals surface area contributed by atoms with Gasteiger partial charge in [0.1, 0.15) is 6.07 Å². The summed E-state index contributed by atoms with van der Waals surface area (Å²) in [6.07, 6.45) is 0. The smallest absolute Gasteiger partial charge is 0.252 e. The van der Waals surface area contributed by atoms with E-state index in [0.29, 0.717) is 11.3 Å². The van der Waals surface area contributed by atoms with Crippen molar-refractivity contribution in [2.45, 2.75) is 78.6 Å². The molecule has 0 fully saturated rings. The van der Waals surface area contributed by atoms with Crippen molar-refractivity contribution in [3.63, 3.8) is 0 Å². The Morgan fingerprint density at radius 1 is 0.298 bits per heavy atom. The lowest BCUT2D eigenvalue weighted by Crippen LogP contribution is -2.61. The number of para-hydroxylation sites is 4. The fourth-order valence-corrected chi connectivity index (χ4v) is 16.5. The normalized spacial score (nSPS) is 14.1. The Hall–Kier alpha value is -12.4. The first-order valence-electron chi connectivity index (χ1n) is 39.8. The quantitative estimate of drug-likeness (QED) is 0.142. The average molecular weight is 1350 g/mol. The van der Waals surface area contributed by atoms with Crippen LogP contribution in [-0.2, 0) is 16.2 Å². The van der Waals surface area contributed by atoms with Gasteiger partial charge < -0.3 is 23.5 Å². The molecule has 0 unspecified atom stereocenters. The second-order valence-corrected chi connectivity index (χ2v) is 31.1. The maximum Gasteiger partial charge on any atom is 0.252 e. The zero-order valence-corrected chi connectivity index (χ0v) is 59.5. The molecule has 0 aliphatic carbocycles. The van der Waals surface area contributed by atoms with Crippen molar-refractivity contribution in [1.82, 2.24) is 13.7 Å². The molecule has 0 amide bonds. The lowest BCUT2D eigenvalue weighted by molar-refractivity contribution is 0.590. The molecule has 6 nitrogen and oxygen atoms in total. The van der Waals surface area contributed by atoms with E-state index < -0.39 is 43.0 Å². The Morgan fingerprint density at radius 2 is 0.731 bits per heavy atom. The molecule has 17 aromatic rings. The van der Waals surface area contributed by atoms with E-state index in [1.807, 2.05) is 24.3 Å². The Balaban J connectivity index is 0.979. The first-order valence-corrected chi connectivity index (χ1v) is 35.8. The minimum atomic E-state index is -0.531. The van der Waals surface area contributed by atoms with E-state index in [4.69, 9.17) is 2.74 Å². The lowest BCUT2D eigenvalue weighted by Gasteiger charge is -2.45. The molecule has 104 heavy (non-hydrogen) atoms. The fourth-order valence-electron chi connectivity index (χ4n) is 16.5. The minimum absolute atomic E-state index is 0.00324. The second kappa shape index (κ2) is 23.3. The summed E-state index contributed by atoms with van der Waals surface area (Å²) < 4.78 is 81.6. The summed E-state index contributed by atoms with van der Waals surface area (Å²) in [5, 5.41) is 15.9. The van der Waals surface area contributed by atoms with Crippen molar-refractivity contribution in [3.05, 3.63) is 325 Å². The highest BCUT2D eigenvalue weighted by Gasteiger charge is 2.45. The highest BCUT2D eigenvalue weighted by molar-refractivity contribution is 7.00. The van der Waals surface area contributed by atoms with Gasteiger partial charge in [-0.3, -0.25) is 0 Å². The average Bonchev–Trinajstić information content (AvgIpc) is 0.917. The number of rotatable bonds is 8. The minimum Gasteiger partial charge on any atom is -0.311 e. The monoisotopic (exact) mass is 1340 g/mol. The van der Waals surface area contributed by atoms with Crippen LogP contribution in [0.1, 0.15) is 95.5 Å². The van der Waals surface area contributed by atoms with Gasteiger partial charge in [0.05, 0.1) is 55.3 Å². The van der Waals surface area contributed by atoms with Crippen LogP contribution in [0.15, 0.2) is 303 Å². The largest absolute Gasteiger partial charge is 0.311 e. The first-order chi connectivity index (χ1) is 53.7. The van der Waals surface area contributed by atoms with Crippen LogP contribution in [0.25, 0.3) is 116 Å². The molecule has 19 rings (SSSR count). The van der Waals surface area contributed by atoms with E-state index in [-0.39, 0.29) is 50.1 Å². The third-order valence-corrected chi connectivity index (χ3v) is 21.7. The number of benzene rings is 14. The maximum atomic E-state index is 11.5. The Labute approximate surface area is 619 Å². The van der Waals surface area contributed by atoms with Crippen LogP contribution in [-0.4, -0.2) is 20.4 Å². The molecule has 14 aromatic carbocycles. The topological polar surface area (TPSA) is 45.1 Å². The van der Waals surface area contributed by atoms with E-state index in [9.17, 15) is 13.5 Å². The van der Waals surface area contributed by atoms with Crippen molar-refractivity contribution in [3.8, 4) is 56.5 Å². The summed E-state index contributed by atoms with van der Waals surface area (Å²) in [7, 11) is 0. The van der Waals surface area contributed by atoms with Gasteiger partial charge in [-0.25, -0.2) is 0 Å². The van der Waals surface area contributed by atoms with Gasteiger partial charge in [-0.1, -0.05) is 244 Å². The highest BCUT2D eigenvalue weighted by Crippen LogP contribution is 2.51. The van der Waals surface area contributed by atoms with E-state index in [0.717, 1.165) is 144 Å². The number of nitrogens with zero attached hydrogens (tertiary/aromatic N) is 6. The Morgan fingerprint density at radius 3 is 1.25 bits per heavy atom. The summed E-state index contributed by atoms with van der Waals surface area (Å²) in [6.45, 7) is 19.8. The van der Waals surface area contributed by atoms with Crippen LogP contribution in [0.3, 0.4) is 0 Å². The van der Waals surface area contributed by atoms with E-state index >= 15 is 0 Å². The molecular weight excluding hydrogens is 1260 g/mol. The molecule has 2 aliphatic rings. The van der Waals surface area contributed by atoms with Crippen molar-refractivity contribution >= 4 is 123 Å². The lowest BCUT2D eigenvalue weighted by atomic mass is 9.33. The van der Waals surface area contributed by atoms with Crippen LogP contribution < -0.4 is 26.2 Å². The molecule has 0 radical (unpaired) electrons. The van der Waals surface area contributed by atoms with Crippen LogP contribution >= 0.6 is 0 Å². The Bertz CT molecular complexity index is 6710. The first kappa shape index (κ1) is 54.4. The van der Waals surface area contributed by atoms with Gasteiger partial charge >= 0.3 is 0 Å². The van der Waals surface area contributed by atoms with Gasteiger partial charge in [-0.15, -0.1) is 0 Å². The van der Waals surface area contributed by atoms with Crippen LogP contribution in [0, 0.1) is 11.3 Å². The standard InChI is InChI=1S/C97H77BN6/c1-95(2,3)68-30-24-29-63(50-68)67-53-92-94-93(54-67)103(74-51-65(61-25-12-10-13-26-61)49-66(52-74)62-27-14-11-15-28-62)91-59-72(100-83-35-20-16-31-75(83)76-32-17-21-36-84(76)100)43-46-82(91)98(94)81-45-44-73(101-87-47-40-69(96(4,5)6)55-79(87)80-56-70(97(7,8)9)41-48-88(80)101)58-90(81)102(92)71-42-39-64(60-99)89(57-71)104-85-37-22-18-33-77(85)78-34-19-23-38-86(78)104/h10-59H,1-9H3/i16D,17D,20D,21D,31D,32D,35D,36D. The van der Waals surface area contributed by atoms with E-state index in [2.05, 4.69) is 318 Å². The number of fused-ring (bicyclic) bond motifs is 13. The van der Waals surface area contributed by atoms with Crippen molar-refractivity contribution in [2.75, 3.05) is 9.80 Å². The number of hydrogen-bond donors (Lipinski definition) is 0. The van der Waals surface area contributed by atoms with Gasteiger partial charge in [0, 0.05) is 77.8 Å². The third-order valence-electron chi connectivity index (χ3n) is 21.7. The van der Waals surface area contributed by atoms with Crippen LogP contribution in [0.2, 0.25) is 0 Å². The molecule has 0 N–H and O–H groups in total. The molecule has 498 valence electrons. The van der Waals surface area contributed by atoms with Gasteiger partial charge in [0.15, 0.2) is 0 Å². The molecule has 0 bridgehead atoms. The number of anilines is 6. The van der Waals surface area contributed by atoms with E-state index in [1.165, 1.54) is 11.1 Å². The molecule has 3 aromatic heterocycles. The summed E-state index contributed by atoms with van der Waals surface area (Å²) in [5.41, 5.74) is 23.4. The third kappa shape index (κ3) is 9.90. The molecule has 5 heterocycles. The molecule has 0 saturated heterocycles. The van der Waals surface area contributed by atoms with E-state index in [1.54, 1.807) is 4.57 Å². The second-order valence-electron chi connectivity index (χ2n) is 31.1. The van der Waals surface area contributed by atoms with Crippen molar-refractivity contribution in [2.24, 2.45) is 0 Å².